The van der Waals surface area contributed by atoms with E-state index in [1.54, 1.807) is 24.4 Å². The van der Waals surface area contributed by atoms with Crippen LogP contribution in [0.15, 0.2) is 30.5 Å². The number of ether oxygens (including phenoxy) is 1. The van der Waals surface area contributed by atoms with Crippen LogP contribution in [0.5, 0.6) is 5.88 Å². The van der Waals surface area contributed by atoms with Crippen LogP contribution in [0.1, 0.15) is 12.5 Å². The molecule has 18 heavy (non-hydrogen) atoms. The predicted octanol–water partition coefficient (Wildman–Crippen LogP) is 2.50. The third kappa shape index (κ3) is 2.24. The van der Waals surface area contributed by atoms with Crippen LogP contribution in [0.25, 0.3) is 11.3 Å². The van der Waals surface area contributed by atoms with E-state index in [0.717, 1.165) is 16.7 Å². The molecule has 2 aromatic rings. The Balaban J connectivity index is 2.68. The van der Waals surface area contributed by atoms with Crippen LogP contribution in [-0.2, 0) is 6.42 Å². The first kappa shape index (κ1) is 12.6. The van der Waals surface area contributed by atoms with Gasteiger partial charge >= 0.3 is 0 Å². The van der Waals surface area contributed by atoms with E-state index in [9.17, 15) is 5.21 Å². The standard InChI is InChI=1S/C13H14ClN2O2/c1-3-9-5-4-8-16(17)12(9)10-6-7-11(14)15-13(10)18-2/h4-8,17H,3H2,1-2H3/q+1. The maximum Gasteiger partial charge on any atom is 0.273 e. The Bertz CT molecular complexity index is 573. The van der Waals surface area contributed by atoms with Gasteiger partial charge in [0.15, 0.2) is 0 Å². The predicted molar refractivity (Wildman–Crippen MR) is 68.0 cm³/mol. The molecule has 0 bridgehead atoms. The number of rotatable bonds is 3. The fraction of sp³-hybridized carbons (Fsp3) is 0.231. The maximum absolute atomic E-state index is 9.97. The van der Waals surface area contributed by atoms with E-state index in [1.165, 1.54) is 7.11 Å². The van der Waals surface area contributed by atoms with Crippen molar-refractivity contribution in [3.63, 3.8) is 0 Å². The number of methoxy groups -OCH3 is 1. The van der Waals surface area contributed by atoms with Crippen molar-refractivity contribution in [2.75, 3.05) is 7.11 Å². The summed E-state index contributed by atoms with van der Waals surface area (Å²) in [5.74, 6) is 0.395. The summed E-state index contributed by atoms with van der Waals surface area (Å²) in [6.07, 6.45) is 2.37. The first-order valence-corrected chi connectivity index (χ1v) is 5.99. The molecule has 5 heteroatoms. The molecule has 94 valence electrons. The van der Waals surface area contributed by atoms with Crippen LogP contribution in [0.4, 0.5) is 0 Å². The summed E-state index contributed by atoms with van der Waals surface area (Å²) in [5, 5.41) is 10.3. The first-order valence-electron chi connectivity index (χ1n) is 5.61. The SMILES string of the molecule is CCc1ccc[n+](O)c1-c1ccc(Cl)nc1OC. The number of pyridine rings is 2. The van der Waals surface area contributed by atoms with Crippen molar-refractivity contribution in [1.29, 1.82) is 0 Å². The van der Waals surface area contributed by atoms with Gasteiger partial charge in [0.2, 0.25) is 12.1 Å². The summed E-state index contributed by atoms with van der Waals surface area (Å²) in [7, 11) is 1.53. The van der Waals surface area contributed by atoms with Crippen LogP contribution in [0.3, 0.4) is 0 Å². The van der Waals surface area contributed by atoms with Crippen LogP contribution in [-0.4, -0.2) is 17.3 Å². The number of hydrogen-bond donors (Lipinski definition) is 1. The van der Waals surface area contributed by atoms with Gasteiger partial charge in [-0.1, -0.05) is 18.5 Å². The monoisotopic (exact) mass is 265 g/mol. The van der Waals surface area contributed by atoms with Crippen molar-refractivity contribution in [3.8, 4) is 17.1 Å². The summed E-state index contributed by atoms with van der Waals surface area (Å²) in [5.41, 5.74) is 2.38. The van der Waals surface area contributed by atoms with E-state index >= 15 is 0 Å². The molecule has 0 unspecified atom stereocenters. The van der Waals surface area contributed by atoms with E-state index in [1.807, 2.05) is 13.0 Å². The lowest BCUT2D eigenvalue weighted by atomic mass is 10.1. The Morgan fingerprint density at radius 2 is 2.17 bits per heavy atom. The van der Waals surface area contributed by atoms with Crippen LogP contribution < -0.4 is 9.47 Å². The number of halogens is 1. The van der Waals surface area contributed by atoms with Crippen molar-refractivity contribution in [1.82, 2.24) is 4.98 Å². The molecular formula is C13H14ClN2O2+. The topological polar surface area (TPSA) is 46.2 Å². The van der Waals surface area contributed by atoms with E-state index in [4.69, 9.17) is 16.3 Å². The maximum atomic E-state index is 9.97. The zero-order valence-corrected chi connectivity index (χ0v) is 11.0. The number of nitrogens with zero attached hydrogens (tertiary/aromatic N) is 2. The van der Waals surface area contributed by atoms with Gasteiger partial charge in [-0.3, -0.25) is 5.21 Å². The normalized spacial score (nSPS) is 10.4. The number of hydrogen-bond acceptors (Lipinski definition) is 3. The third-order valence-corrected chi connectivity index (χ3v) is 2.92. The third-order valence-electron chi connectivity index (χ3n) is 2.71. The molecule has 0 aliphatic rings. The van der Waals surface area contributed by atoms with Gasteiger partial charge in [-0.05, 0) is 24.6 Å². The second-order valence-electron chi connectivity index (χ2n) is 3.77. The van der Waals surface area contributed by atoms with Crippen molar-refractivity contribution >= 4 is 11.6 Å². The summed E-state index contributed by atoms with van der Waals surface area (Å²) in [6.45, 7) is 2.02. The van der Waals surface area contributed by atoms with Gasteiger partial charge in [0.1, 0.15) is 10.7 Å². The molecule has 0 spiro atoms. The van der Waals surface area contributed by atoms with E-state index in [-0.39, 0.29) is 0 Å². The highest BCUT2D eigenvalue weighted by atomic mass is 35.5. The van der Waals surface area contributed by atoms with Crippen molar-refractivity contribution in [2.24, 2.45) is 0 Å². The van der Waals surface area contributed by atoms with Gasteiger partial charge in [-0.2, -0.15) is 0 Å². The second kappa shape index (κ2) is 5.23. The molecule has 1 N–H and O–H groups in total. The minimum Gasteiger partial charge on any atom is -0.480 e. The minimum atomic E-state index is 0.356. The van der Waals surface area contributed by atoms with Crippen LogP contribution in [0, 0.1) is 0 Å². The lowest BCUT2D eigenvalue weighted by Gasteiger charge is -2.07. The highest BCUT2D eigenvalue weighted by Gasteiger charge is 2.22. The van der Waals surface area contributed by atoms with Gasteiger partial charge in [-0.25, -0.2) is 4.98 Å². The first-order chi connectivity index (χ1) is 8.67. The Hall–Kier alpha value is -1.81. The molecule has 0 aliphatic heterocycles. The summed E-state index contributed by atoms with van der Waals surface area (Å²) in [4.78, 5) is 4.10. The molecule has 0 saturated heterocycles. The average Bonchev–Trinajstić information content (AvgIpc) is 2.38. The van der Waals surface area contributed by atoms with Gasteiger partial charge in [0, 0.05) is 16.4 Å². The molecular weight excluding hydrogens is 252 g/mol. The van der Waals surface area contributed by atoms with E-state index in [0.29, 0.717) is 22.3 Å². The summed E-state index contributed by atoms with van der Waals surface area (Å²) >= 11 is 5.84. The largest absolute Gasteiger partial charge is 0.480 e. The van der Waals surface area contributed by atoms with E-state index < -0.39 is 0 Å². The number of aryl methyl sites for hydroxylation is 1. The van der Waals surface area contributed by atoms with Crippen molar-refractivity contribution in [2.45, 2.75) is 13.3 Å². The quantitative estimate of drug-likeness (QED) is 0.527. The highest BCUT2D eigenvalue weighted by Crippen LogP contribution is 2.29. The molecule has 4 nitrogen and oxygen atoms in total. The molecule has 2 heterocycles. The molecule has 0 radical (unpaired) electrons. The molecule has 2 aromatic heterocycles. The number of aromatic nitrogens is 2. The molecule has 0 fully saturated rings. The summed E-state index contributed by atoms with van der Waals surface area (Å²) in [6, 6.07) is 7.20. The molecule has 0 atom stereocenters. The van der Waals surface area contributed by atoms with E-state index in [2.05, 4.69) is 4.98 Å². The smallest absolute Gasteiger partial charge is 0.273 e. The Kier molecular flexibility index (Phi) is 3.67. The van der Waals surface area contributed by atoms with Gasteiger partial charge in [0.25, 0.3) is 5.69 Å². The lowest BCUT2D eigenvalue weighted by Crippen LogP contribution is -2.33. The second-order valence-corrected chi connectivity index (χ2v) is 4.16. The molecule has 0 saturated carbocycles. The molecule has 0 aromatic carbocycles. The fourth-order valence-electron chi connectivity index (χ4n) is 1.88. The Morgan fingerprint density at radius 1 is 1.39 bits per heavy atom. The lowest BCUT2D eigenvalue weighted by molar-refractivity contribution is -0.896. The van der Waals surface area contributed by atoms with Gasteiger partial charge < -0.3 is 4.74 Å². The molecule has 0 aliphatic carbocycles. The summed E-state index contributed by atoms with van der Waals surface area (Å²) < 4.78 is 6.29. The Labute approximate surface area is 110 Å². The van der Waals surface area contributed by atoms with Crippen molar-refractivity contribution < 1.29 is 14.7 Å². The highest BCUT2D eigenvalue weighted by molar-refractivity contribution is 6.29. The van der Waals surface area contributed by atoms with Gasteiger partial charge in [0.05, 0.1) is 7.11 Å². The zero-order valence-electron chi connectivity index (χ0n) is 10.2. The average molecular weight is 266 g/mol. The Morgan fingerprint density at radius 3 is 2.83 bits per heavy atom. The minimum absolute atomic E-state index is 0.356. The fourth-order valence-corrected chi connectivity index (χ4v) is 2.02. The molecule has 0 amide bonds. The molecule has 2 rings (SSSR count). The van der Waals surface area contributed by atoms with Gasteiger partial charge in [-0.15, -0.1) is 0 Å². The van der Waals surface area contributed by atoms with Crippen molar-refractivity contribution in [3.05, 3.63) is 41.2 Å². The zero-order chi connectivity index (χ0) is 13.1. The van der Waals surface area contributed by atoms with Crippen LogP contribution in [0.2, 0.25) is 5.15 Å². The van der Waals surface area contributed by atoms with Crippen LogP contribution >= 0.6 is 11.6 Å².